The molecule has 3 unspecified atom stereocenters. The summed E-state index contributed by atoms with van der Waals surface area (Å²) in [4.78, 5) is 25.6. The maximum atomic E-state index is 15.7. The van der Waals surface area contributed by atoms with Crippen molar-refractivity contribution in [3.8, 4) is 0 Å². The number of fused-ring (bicyclic) bond motifs is 1. The lowest BCUT2D eigenvalue weighted by atomic mass is 9.93. The van der Waals surface area contributed by atoms with Crippen LogP contribution in [0.15, 0.2) is 11.8 Å². The average Bonchev–Trinajstić information content (AvgIpc) is 3.46. The van der Waals surface area contributed by atoms with Gasteiger partial charge in [0.2, 0.25) is 11.6 Å². The first kappa shape index (κ1) is 19.7. The summed E-state index contributed by atoms with van der Waals surface area (Å²) in [5.41, 5.74) is 2.65. The highest BCUT2D eigenvalue weighted by molar-refractivity contribution is 6.28. The highest BCUT2D eigenvalue weighted by atomic mass is 19.1. The fourth-order valence-electron chi connectivity index (χ4n) is 4.38. The molecule has 0 amide bonds. The number of nitrogen functional groups attached to an aromatic ring is 1. The number of ketones is 1. The van der Waals surface area contributed by atoms with Crippen molar-refractivity contribution < 1.29 is 23.5 Å². The highest BCUT2D eigenvalue weighted by Crippen LogP contribution is 2.50. The molecule has 1 aromatic carbocycles. The van der Waals surface area contributed by atoms with Gasteiger partial charge in [0, 0.05) is 38.0 Å². The number of aliphatic carboxylic acids is 1. The van der Waals surface area contributed by atoms with E-state index in [1.807, 2.05) is 13.8 Å². The number of piperazine rings is 1. The van der Waals surface area contributed by atoms with Gasteiger partial charge in [0.05, 0.1) is 11.7 Å². The first-order valence-corrected chi connectivity index (χ1v) is 9.48. The SMILES string of the molecule is CC1CN(c2c(F)c(N)c3c(c2F)[N+]([O-])(C2CC2)C=C(C(=O)O)C3=O)CC(C)N1. The van der Waals surface area contributed by atoms with Crippen molar-refractivity contribution in [3.63, 3.8) is 0 Å². The van der Waals surface area contributed by atoms with Gasteiger partial charge in [-0.3, -0.25) is 9.44 Å². The number of Topliss-reactive ketones (excluding diaryl/α,β-unsaturated/α-hetero) is 1. The van der Waals surface area contributed by atoms with Gasteiger partial charge in [-0.05, 0) is 13.8 Å². The Kier molecular flexibility index (Phi) is 4.41. The predicted molar refractivity (Wildman–Crippen MR) is 103 cm³/mol. The van der Waals surface area contributed by atoms with Crippen LogP contribution in [0.5, 0.6) is 0 Å². The van der Waals surface area contributed by atoms with Gasteiger partial charge in [-0.2, -0.15) is 4.39 Å². The van der Waals surface area contributed by atoms with Crippen LogP contribution in [0.25, 0.3) is 0 Å². The molecular formula is C19H22F2N4O4. The largest absolute Gasteiger partial charge is 0.622 e. The van der Waals surface area contributed by atoms with Crippen molar-refractivity contribution in [1.82, 2.24) is 9.96 Å². The Labute approximate surface area is 165 Å². The lowest BCUT2D eigenvalue weighted by Crippen LogP contribution is -2.55. The Bertz CT molecular complexity index is 952. The van der Waals surface area contributed by atoms with E-state index in [9.17, 15) is 19.9 Å². The molecule has 8 nitrogen and oxygen atoms in total. The van der Waals surface area contributed by atoms with E-state index in [-0.39, 0.29) is 25.2 Å². The number of carboxylic acids is 1. The average molecular weight is 408 g/mol. The minimum absolute atomic E-state index is 0.0649. The zero-order chi connectivity index (χ0) is 21.2. The number of nitrogens with one attached hydrogen (secondary N) is 1. The Morgan fingerprint density at radius 2 is 1.86 bits per heavy atom. The Balaban J connectivity index is 1.97. The zero-order valence-electron chi connectivity index (χ0n) is 16.0. The standard InChI is InChI=1S/C19H22F2N4O4/c1-8-5-24(6-9(2)23-8)16-13(20)15(22)12-17(14(16)21)25(29,10-3-4-10)7-11(18(12)26)19(27)28/h7-10,23H,3-6,22H2,1-2H3,(H,27,28). The predicted octanol–water partition coefficient (Wildman–Crippen LogP) is 1.87. The van der Waals surface area contributed by atoms with E-state index in [0.29, 0.717) is 12.8 Å². The van der Waals surface area contributed by atoms with Crippen LogP contribution in [0.2, 0.25) is 0 Å². The molecule has 4 N–H and O–H groups in total. The number of nitrogens with two attached hydrogens (primary N) is 1. The molecular weight excluding hydrogens is 386 g/mol. The maximum Gasteiger partial charge on any atom is 0.345 e. The summed E-state index contributed by atoms with van der Waals surface area (Å²) in [6, 6.07) is -0.765. The minimum atomic E-state index is -1.63. The number of rotatable bonds is 3. The molecule has 4 rings (SSSR count). The molecule has 1 aromatic rings. The lowest BCUT2D eigenvalue weighted by Gasteiger charge is -2.44. The molecule has 3 aliphatic rings. The van der Waals surface area contributed by atoms with Gasteiger partial charge in [-0.15, -0.1) is 0 Å². The second-order valence-corrected chi connectivity index (χ2v) is 8.11. The van der Waals surface area contributed by atoms with Crippen LogP contribution in [0, 0.1) is 16.8 Å². The number of nitrogens with zero attached hydrogens (tertiary/aromatic N) is 2. The van der Waals surface area contributed by atoms with Gasteiger partial charge in [0.1, 0.15) is 17.5 Å². The third-order valence-electron chi connectivity index (χ3n) is 5.70. The summed E-state index contributed by atoms with van der Waals surface area (Å²) in [6.07, 6.45) is 1.60. The monoisotopic (exact) mass is 408 g/mol. The molecule has 156 valence electrons. The van der Waals surface area contributed by atoms with Crippen molar-refractivity contribution in [2.45, 2.75) is 44.8 Å². The number of carboxylic acid groups (broad SMARTS) is 1. The van der Waals surface area contributed by atoms with Crippen molar-refractivity contribution in [3.05, 3.63) is 34.2 Å². The molecule has 2 heterocycles. The summed E-state index contributed by atoms with van der Waals surface area (Å²) in [5, 5.41) is 26.2. The van der Waals surface area contributed by atoms with Gasteiger partial charge in [0.15, 0.2) is 17.1 Å². The molecule has 0 aromatic heterocycles. The molecule has 29 heavy (non-hydrogen) atoms. The van der Waals surface area contributed by atoms with Crippen LogP contribution < -0.4 is 20.6 Å². The van der Waals surface area contributed by atoms with Crippen LogP contribution in [0.3, 0.4) is 0 Å². The van der Waals surface area contributed by atoms with Crippen molar-refractivity contribution in [2.24, 2.45) is 0 Å². The summed E-state index contributed by atoms with van der Waals surface area (Å²) in [7, 11) is 0. The smallest absolute Gasteiger partial charge is 0.345 e. The quantitative estimate of drug-likeness (QED) is 0.302. The molecule has 10 heteroatoms. The van der Waals surface area contributed by atoms with Crippen LogP contribution >= 0.6 is 0 Å². The highest BCUT2D eigenvalue weighted by Gasteiger charge is 2.50. The maximum absolute atomic E-state index is 15.7. The molecule has 0 spiro atoms. The van der Waals surface area contributed by atoms with Gasteiger partial charge >= 0.3 is 5.97 Å². The second kappa shape index (κ2) is 6.48. The lowest BCUT2D eigenvalue weighted by molar-refractivity contribution is -0.132. The van der Waals surface area contributed by atoms with Crippen LogP contribution in [0.1, 0.15) is 37.0 Å². The number of carbonyl (C=O) groups excluding carboxylic acids is 1. The first-order chi connectivity index (χ1) is 13.6. The topological polar surface area (TPSA) is 119 Å². The van der Waals surface area contributed by atoms with Crippen molar-refractivity contribution in [1.29, 1.82) is 0 Å². The number of halogens is 2. The number of quaternary nitrogens is 1. The van der Waals surface area contributed by atoms with E-state index in [0.717, 1.165) is 6.20 Å². The van der Waals surface area contributed by atoms with Crippen LogP contribution in [0.4, 0.5) is 25.8 Å². The Morgan fingerprint density at radius 1 is 1.28 bits per heavy atom. The van der Waals surface area contributed by atoms with E-state index in [4.69, 9.17) is 5.73 Å². The van der Waals surface area contributed by atoms with Gasteiger partial charge < -0.3 is 26.3 Å². The van der Waals surface area contributed by atoms with Gasteiger partial charge in [-0.1, -0.05) is 0 Å². The third kappa shape index (κ3) is 2.90. The number of benzene rings is 1. The molecule has 1 aliphatic carbocycles. The Morgan fingerprint density at radius 3 is 2.38 bits per heavy atom. The van der Waals surface area contributed by atoms with E-state index in [2.05, 4.69) is 5.32 Å². The number of hydrogen-bond acceptors (Lipinski definition) is 6. The minimum Gasteiger partial charge on any atom is -0.622 e. The molecule has 2 aliphatic heterocycles. The molecule has 2 fully saturated rings. The number of hydrogen-bond donors (Lipinski definition) is 3. The van der Waals surface area contributed by atoms with E-state index >= 15 is 8.78 Å². The number of anilines is 2. The molecule has 1 saturated carbocycles. The van der Waals surface area contributed by atoms with Gasteiger partial charge in [0.25, 0.3) is 0 Å². The molecule has 0 bridgehead atoms. The Hall–Kier alpha value is -2.56. The normalized spacial score (nSPS) is 29.5. The summed E-state index contributed by atoms with van der Waals surface area (Å²) in [5.74, 6) is -5.08. The number of carbonyl (C=O) groups is 2. The number of hydroxylamine groups is 2. The van der Waals surface area contributed by atoms with E-state index < -0.39 is 62.3 Å². The summed E-state index contributed by atoms with van der Waals surface area (Å²) >= 11 is 0. The zero-order valence-corrected chi connectivity index (χ0v) is 16.0. The van der Waals surface area contributed by atoms with Gasteiger partial charge in [-0.25, -0.2) is 9.18 Å². The first-order valence-electron chi connectivity index (χ1n) is 9.48. The molecule has 1 saturated heterocycles. The summed E-state index contributed by atoms with van der Waals surface area (Å²) in [6.45, 7) is 4.29. The van der Waals surface area contributed by atoms with Crippen LogP contribution in [-0.2, 0) is 4.79 Å². The fraction of sp³-hybridized carbons (Fsp3) is 0.474. The fourth-order valence-corrected chi connectivity index (χ4v) is 4.38. The van der Waals surface area contributed by atoms with Crippen molar-refractivity contribution >= 4 is 28.8 Å². The van der Waals surface area contributed by atoms with E-state index in [1.165, 1.54) is 4.90 Å². The van der Waals surface area contributed by atoms with Crippen LogP contribution in [-0.4, -0.2) is 48.1 Å². The third-order valence-corrected chi connectivity index (χ3v) is 5.70. The van der Waals surface area contributed by atoms with E-state index in [1.54, 1.807) is 0 Å². The summed E-state index contributed by atoms with van der Waals surface area (Å²) < 4.78 is 29.5. The molecule has 0 radical (unpaired) electrons. The second-order valence-electron chi connectivity index (χ2n) is 8.11. The van der Waals surface area contributed by atoms with Crippen molar-refractivity contribution in [2.75, 3.05) is 23.7 Å². The molecule has 3 atom stereocenters.